The second kappa shape index (κ2) is 8.97. The van der Waals surface area contributed by atoms with Crippen LogP contribution >= 0.6 is 0 Å². The molecule has 3 aromatic rings. The number of ether oxygens (including phenoxy) is 2. The van der Waals surface area contributed by atoms with Crippen LogP contribution in [0.25, 0.3) is 10.9 Å². The minimum atomic E-state index is -2.72. The summed E-state index contributed by atoms with van der Waals surface area (Å²) in [6.07, 6.45) is 0.00124. The highest BCUT2D eigenvalue weighted by atomic mass is 19.3. The van der Waals surface area contributed by atoms with Crippen LogP contribution in [0.3, 0.4) is 0 Å². The van der Waals surface area contributed by atoms with Gasteiger partial charge >= 0.3 is 0 Å². The molecule has 1 fully saturated rings. The van der Waals surface area contributed by atoms with Gasteiger partial charge in [-0.05, 0) is 38.5 Å². The number of aromatic nitrogens is 3. The third kappa shape index (κ3) is 4.99. The maximum Gasteiger partial charge on any atom is 0.280 e. The lowest BCUT2D eigenvalue weighted by atomic mass is 10.1. The molecule has 7 nitrogen and oxygen atoms in total. The molecule has 0 unspecified atom stereocenters. The number of carbonyl (C=O) groups excluding carboxylic acids is 1. The van der Waals surface area contributed by atoms with Gasteiger partial charge < -0.3 is 14.8 Å². The molecule has 1 N–H and O–H groups in total. The minimum Gasteiger partial charge on any atom is -0.490 e. The number of nitrogens with zero attached hydrogens (tertiary/aromatic N) is 3. The summed E-state index contributed by atoms with van der Waals surface area (Å²) in [4.78, 5) is 16.8. The molecule has 1 aliphatic heterocycles. The molecule has 1 aliphatic rings. The van der Waals surface area contributed by atoms with Crippen LogP contribution in [0.2, 0.25) is 0 Å². The normalized spacial score (nSPS) is 16.4. The van der Waals surface area contributed by atoms with Crippen LogP contribution in [0.1, 0.15) is 42.7 Å². The Morgan fingerprint density at radius 2 is 2.19 bits per heavy atom. The van der Waals surface area contributed by atoms with Gasteiger partial charge in [-0.2, -0.15) is 5.10 Å². The van der Waals surface area contributed by atoms with Crippen LogP contribution in [0.5, 0.6) is 5.75 Å². The van der Waals surface area contributed by atoms with E-state index in [1.165, 1.54) is 18.2 Å². The highest BCUT2D eigenvalue weighted by molar-refractivity contribution is 6.08. The van der Waals surface area contributed by atoms with Crippen LogP contribution in [0, 0.1) is 5.92 Å². The summed E-state index contributed by atoms with van der Waals surface area (Å²) in [5, 5.41) is 7.99. The smallest absolute Gasteiger partial charge is 0.280 e. The molecule has 0 saturated carbocycles. The fraction of sp³-hybridized carbons (Fsp3) is 0.409. The number of carbonyl (C=O) groups is 1. The Morgan fingerprint density at radius 1 is 1.35 bits per heavy atom. The number of pyridine rings is 1. The summed E-state index contributed by atoms with van der Waals surface area (Å²) >= 11 is 0. The molecule has 1 amide bonds. The van der Waals surface area contributed by atoms with Gasteiger partial charge in [-0.15, -0.1) is 0 Å². The third-order valence-corrected chi connectivity index (χ3v) is 4.97. The van der Waals surface area contributed by atoms with Crippen LogP contribution in [-0.4, -0.2) is 40.0 Å². The van der Waals surface area contributed by atoms with Crippen molar-refractivity contribution in [3.05, 3.63) is 47.8 Å². The van der Waals surface area contributed by atoms with Gasteiger partial charge in [0.25, 0.3) is 12.3 Å². The standard InChI is InChI=1S/C22H24F2N4O3/c1-13(2)31-19-9-18-15(11-28(27-18)10-14-6-7-30-12-14)8-16(19)22(29)26-20-5-3-4-17(25-20)21(23)24/h3-5,8-9,11,13-14,21H,6-7,10,12H2,1-2H3,(H,25,26,29)/t14-/m0/s1. The second-order valence-electron chi connectivity index (χ2n) is 7.86. The van der Waals surface area contributed by atoms with Crippen molar-refractivity contribution in [3.8, 4) is 5.75 Å². The monoisotopic (exact) mass is 430 g/mol. The first-order valence-corrected chi connectivity index (χ1v) is 10.2. The predicted octanol–water partition coefficient (Wildman–Crippen LogP) is 4.44. The van der Waals surface area contributed by atoms with E-state index < -0.39 is 18.0 Å². The van der Waals surface area contributed by atoms with E-state index in [1.807, 2.05) is 24.7 Å². The number of benzene rings is 1. The zero-order chi connectivity index (χ0) is 22.0. The number of hydrogen-bond donors (Lipinski definition) is 1. The Morgan fingerprint density at radius 3 is 2.90 bits per heavy atom. The summed E-state index contributed by atoms with van der Waals surface area (Å²) in [6, 6.07) is 7.54. The van der Waals surface area contributed by atoms with Crippen molar-refractivity contribution in [3.63, 3.8) is 0 Å². The molecule has 4 rings (SSSR count). The maximum atomic E-state index is 13.0. The summed E-state index contributed by atoms with van der Waals surface area (Å²) in [5.74, 6) is 0.347. The van der Waals surface area contributed by atoms with Gasteiger partial charge in [0.15, 0.2) is 0 Å². The van der Waals surface area contributed by atoms with Gasteiger partial charge in [-0.25, -0.2) is 13.8 Å². The van der Waals surface area contributed by atoms with Crippen LogP contribution < -0.4 is 10.1 Å². The Bertz CT molecular complexity index is 1080. The molecule has 31 heavy (non-hydrogen) atoms. The Hall–Kier alpha value is -3.07. The lowest BCUT2D eigenvalue weighted by Crippen LogP contribution is -2.16. The Labute approximate surface area is 178 Å². The number of hydrogen-bond acceptors (Lipinski definition) is 5. The fourth-order valence-corrected chi connectivity index (χ4v) is 3.54. The molecule has 0 radical (unpaired) electrons. The van der Waals surface area contributed by atoms with Gasteiger partial charge in [0.2, 0.25) is 0 Å². The third-order valence-electron chi connectivity index (χ3n) is 4.97. The van der Waals surface area contributed by atoms with Gasteiger partial charge in [0.05, 0.1) is 23.8 Å². The van der Waals surface area contributed by atoms with Crippen LogP contribution in [0.4, 0.5) is 14.6 Å². The van der Waals surface area contributed by atoms with E-state index in [0.29, 0.717) is 17.2 Å². The lowest BCUT2D eigenvalue weighted by Gasteiger charge is -2.14. The highest BCUT2D eigenvalue weighted by Gasteiger charge is 2.20. The lowest BCUT2D eigenvalue weighted by molar-refractivity contribution is 0.102. The number of alkyl halides is 2. The van der Waals surface area contributed by atoms with Gasteiger partial charge in [0.1, 0.15) is 17.3 Å². The number of anilines is 1. The average molecular weight is 430 g/mol. The van der Waals surface area contributed by atoms with E-state index in [4.69, 9.17) is 9.47 Å². The second-order valence-corrected chi connectivity index (χ2v) is 7.86. The highest BCUT2D eigenvalue weighted by Crippen LogP contribution is 2.28. The SMILES string of the molecule is CC(C)Oc1cc2nn(C[C@@H]3CCOC3)cc2cc1C(=O)Nc1cccc(C(F)F)n1. The van der Waals surface area contributed by atoms with E-state index in [9.17, 15) is 13.6 Å². The molecule has 2 aromatic heterocycles. The Balaban J connectivity index is 1.63. The molecular formula is C22H24F2N4O3. The van der Waals surface area contributed by atoms with Crippen molar-refractivity contribution in [1.82, 2.24) is 14.8 Å². The molecular weight excluding hydrogens is 406 g/mol. The molecule has 1 saturated heterocycles. The number of halogens is 2. The van der Waals surface area contributed by atoms with E-state index in [-0.39, 0.29) is 17.5 Å². The van der Waals surface area contributed by atoms with E-state index in [0.717, 1.165) is 31.6 Å². The van der Waals surface area contributed by atoms with Gasteiger partial charge in [0, 0.05) is 36.7 Å². The van der Waals surface area contributed by atoms with E-state index >= 15 is 0 Å². The number of fused-ring (bicyclic) bond motifs is 1. The van der Waals surface area contributed by atoms with Gasteiger partial charge in [-0.3, -0.25) is 9.48 Å². The molecule has 3 heterocycles. The van der Waals surface area contributed by atoms with Crippen molar-refractivity contribution in [1.29, 1.82) is 0 Å². The molecule has 1 atom stereocenters. The summed E-state index contributed by atoms with van der Waals surface area (Å²) < 4.78 is 39.0. The minimum absolute atomic E-state index is 0.0512. The first kappa shape index (κ1) is 21.2. The van der Waals surface area contributed by atoms with Crippen molar-refractivity contribution in [2.45, 2.75) is 39.3 Å². The van der Waals surface area contributed by atoms with Crippen LogP contribution in [0.15, 0.2) is 36.5 Å². The average Bonchev–Trinajstić information content (AvgIpc) is 3.36. The number of nitrogens with one attached hydrogen (secondary N) is 1. The first-order valence-electron chi connectivity index (χ1n) is 10.2. The zero-order valence-electron chi connectivity index (χ0n) is 17.3. The molecule has 0 bridgehead atoms. The number of amides is 1. The quantitative estimate of drug-likeness (QED) is 0.599. The van der Waals surface area contributed by atoms with Crippen LogP contribution in [-0.2, 0) is 11.3 Å². The Kier molecular flexibility index (Phi) is 6.13. The van der Waals surface area contributed by atoms with Crippen molar-refractivity contribution < 1.29 is 23.0 Å². The van der Waals surface area contributed by atoms with Gasteiger partial charge in [-0.1, -0.05) is 6.07 Å². The molecule has 1 aromatic carbocycles. The van der Waals surface area contributed by atoms with E-state index in [1.54, 1.807) is 12.1 Å². The largest absolute Gasteiger partial charge is 0.490 e. The maximum absolute atomic E-state index is 13.0. The number of rotatable bonds is 7. The predicted molar refractivity (Wildman–Crippen MR) is 112 cm³/mol. The molecule has 9 heteroatoms. The van der Waals surface area contributed by atoms with Crippen molar-refractivity contribution in [2.24, 2.45) is 5.92 Å². The van der Waals surface area contributed by atoms with Crippen molar-refractivity contribution >= 4 is 22.6 Å². The topological polar surface area (TPSA) is 78.3 Å². The zero-order valence-corrected chi connectivity index (χ0v) is 17.3. The van der Waals surface area contributed by atoms with E-state index in [2.05, 4.69) is 15.4 Å². The first-order chi connectivity index (χ1) is 14.9. The molecule has 164 valence electrons. The molecule has 0 spiro atoms. The molecule has 0 aliphatic carbocycles. The summed E-state index contributed by atoms with van der Waals surface area (Å²) in [5.41, 5.74) is 0.599. The summed E-state index contributed by atoms with van der Waals surface area (Å²) in [7, 11) is 0. The fourth-order valence-electron chi connectivity index (χ4n) is 3.54. The van der Waals surface area contributed by atoms with Crippen molar-refractivity contribution in [2.75, 3.05) is 18.5 Å². The summed E-state index contributed by atoms with van der Waals surface area (Å²) in [6.45, 7) is 5.94.